The number of carbonyl (C=O) groups is 2. The summed E-state index contributed by atoms with van der Waals surface area (Å²) in [5.74, 6) is -1.20. The van der Waals surface area contributed by atoms with E-state index in [0.29, 0.717) is 6.54 Å². The first-order chi connectivity index (χ1) is 10.1. The lowest BCUT2D eigenvalue weighted by atomic mass is 10.2. The van der Waals surface area contributed by atoms with Crippen molar-refractivity contribution in [1.29, 1.82) is 0 Å². The summed E-state index contributed by atoms with van der Waals surface area (Å²) in [6, 6.07) is 10.0. The molecule has 1 aromatic carbocycles. The number of rotatable bonds is 4. The monoisotopic (exact) mass is 349 g/mol. The summed E-state index contributed by atoms with van der Waals surface area (Å²) in [4.78, 5) is 26.5. The molecule has 7 heteroatoms. The summed E-state index contributed by atoms with van der Waals surface area (Å²) in [5, 5.41) is 14.1. The number of hydrogen-bond donors (Lipinski definition) is 3. The van der Waals surface area contributed by atoms with Crippen LogP contribution in [0.3, 0.4) is 0 Å². The normalized spacial score (nSPS) is 9.95. The van der Waals surface area contributed by atoms with Crippen LogP contribution in [-0.2, 0) is 6.54 Å². The Morgan fingerprint density at radius 1 is 1.19 bits per heavy atom. The van der Waals surface area contributed by atoms with Crippen molar-refractivity contribution in [3.63, 3.8) is 0 Å². The van der Waals surface area contributed by atoms with Crippen LogP contribution in [0.4, 0.5) is 10.5 Å². The van der Waals surface area contributed by atoms with Crippen molar-refractivity contribution in [2.75, 3.05) is 5.32 Å². The van der Waals surface area contributed by atoms with Gasteiger partial charge in [-0.25, -0.2) is 14.6 Å². The van der Waals surface area contributed by atoms with Gasteiger partial charge < -0.3 is 15.7 Å². The largest absolute Gasteiger partial charge is 0.476 e. The molecule has 6 nitrogen and oxygen atoms in total. The van der Waals surface area contributed by atoms with Gasteiger partial charge in [-0.15, -0.1) is 0 Å². The van der Waals surface area contributed by atoms with Gasteiger partial charge in [0.1, 0.15) is 0 Å². The molecular formula is C14H12BrN3O3. The molecule has 1 heterocycles. The number of aromatic carboxylic acids is 1. The first kappa shape index (κ1) is 15.0. The van der Waals surface area contributed by atoms with Gasteiger partial charge in [0.05, 0.1) is 5.69 Å². The second-order valence-corrected chi connectivity index (χ2v) is 5.05. The van der Waals surface area contributed by atoms with Gasteiger partial charge in [-0.05, 0) is 29.8 Å². The number of pyridine rings is 1. The number of carbonyl (C=O) groups excluding carboxylic acids is 1. The molecule has 0 radical (unpaired) electrons. The van der Waals surface area contributed by atoms with Gasteiger partial charge in [-0.2, -0.15) is 0 Å². The van der Waals surface area contributed by atoms with Crippen molar-refractivity contribution in [3.05, 3.63) is 58.3 Å². The van der Waals surface area contributed by atoms with E-state index in [1.165, 1.54) is 12.3 Å². The minimum atomic E-state index is -1.20. The fourth-order valence-electron chi connectivity index (χ4n) is 1.63. The Morgan fingerprint density at radius 3 is 2.57 bits per heavy atom. The highest BCUT2D eigenvalue weighted by Gasteiger charge is 2.12. The smallest absolute Gasteiger partial charge is 0.356 e. The van der Waals surface area contributed by atoms with Crippen molar-refractivity contribution in [2.24, 2.45) is 0 Å². The molecule has 0 aliphatic rings. The van der Waals surface area contributed by atoms with E-state index >= 15 is 0 Å². The Hall–Kier alpha value is -2.41. The molecule has 2 rings (SSSR count). The van der Waals surface area contributed by atoms with Crippen molar-refractivity contribution in [2.45, 2.75) is 6.54 Å². The number of benzene rings is 1. The van der Waals surface area contributed by atoms with Gasteiger partial charge in [-0.3, -0.25) is 0 Å². The van der Waals surface area contributed by atoms with E-state index in [2.05, 4.69) is 31.5 Å². The minimum Gasteiger partial charge on any atom is -0.476 e. The lowest BCUT2D eigenvalue weighted by Crippen LogP contribution is -2.29. The van der Waals surface area contributed by atoms with Crippen LogP contribution in [0.1, 0.15) is 16.1 Å². The predicted molar refractivity (Wildman–Crippen MR) is 81.2 cm³/mol. The fourth-order valence-corrected chi connectivity index (χ4v) is 1.89. The Morgan fingerprint density at radius 2 is 1.90 bits per heavy atom. The summed E-state index contributed by atoms with van der Waals surface area (Å²) in [6.45, 7) is 0.335. The van der Waals surface area contributed by atoms with Crippen LogP contribution in [0.2, 0.25) is 0 Å². The average molecular weight is 350 g/mol. The third-order valence-corrected chi connectivity index (χ3v) is 3.15. The molecular weight excluding hydrogens is 338 g/mol. The van der Waals surface area contributed by atoms with Crippen LogP contribution < -0.4 is 10.6 Å². The molecule has 0 atom stereocenters. The zero-order valence-electron chi connectivity index (χ0n) is 10.8. The van der Waals surface area contributed by atoms with E-state index in [-0.39, 0.29) is 11.4 Å². The second-order valence-electron chi connectivity index (χ2n) is 4.14. The van der Waals surface area contributed by atoms with Crippen molar-refractivity contribution in [1.82, 2.24) is 10.3 Å². The number of carboxylic acid groups (broad SMARTS) is 1. The highest BCUT2D eigenvalue weighted by Crippen LogP contribution is 2.12. The van der Waals surface area contributed by atoms with Crippen LogP contribution in [0.15, 0.2) is 47.1 Å². The van der Waals surface area contributed by atoms with E-state index in [1.54, 1.807) is 6.07 Å². The fraction of sp³-hybridized carbons (Fsp3) is 0.0714. The molecule has 0 saturated carbocycles. The van der Waals surface area contributed by atoms with Gasteiger partial charge in [0, 0.05) is 17.2 Å². The highest BCUT2D eigenvalue weighted by atomic mass is 79.9. The topological polar surface area (TPSA) is 91.3 Å². The number of aromatic nitrogens is 1. The van der Waals surface area contributed by atoms with Crippen LogP contribution >= 0.6 is 15.9 Å². The Bertz CT molecular complexity index is 659. The summed E-state index contributed by atoms with van der Waals surface area (Å²) in [7, 11) is 0. The quantitative estimate of drug-likeness (QED) is 0.791. The molecule has 1 aromatic heterocycles. The molecule has 108 valence electrons. The van der Waals surface area contributed by atoms with Gasteiger partial charge in [-0.1, -0.05) is 28.1 Å². The van der Waals surface area contributed by atoms with Gasteiger partial charge in [0.15, 0.2) is 5.69 Å². The lowest BCUT2D eigenvalue weighted by Gasteiger charge is -2.09. The van der Waals surface area contributed by atoms with Crippen molar-refractivity contribution in [3.8, 4) is 0 Å². The second kappa shape index (κ2) is 6.85. The van der Waals surface area contributed by atoms with Crippen molar-refractivity contribution < 1.29 is 14.7 Å². The third-order valence-electron chi connectivity index (χ3n) is 2.62. The molecule has 3 N–H and O–H groups in total. The number of nitrogens with zero attached hydrogens (tertiary/aromatic N) is 1. The van der Waals surface area contributed by atoms with E-state index in [0.717, 1.165) is 10.0 Å². The van der Waals surface area contributed by atoms with E-state index in [9.17, 15) is 9.59 Å². The van der Waals surface area contributed by atoms with E-state index in [4.69, 9.17) is 5.11 Å². The first-order valence-corrected chi connectivity index (χ1v) is 6.83. The van der Waals surface area contributed by atoms with E-state index < -0.39 is 12.0 Å². The number of urea groups is 1. The van der Waals surface area contributed by atoms with Gasteiger partial charge >= 0.3 is 12.0 Å². The molecule has 0 bridgehead atoms. The summed E-state index contributed by atoms with van der Waals surface area (Å²) in [5.41, 5.74) is 0.882. The van der Waals surface area contributed by atoms with Crippen LogP contribution in [0, 0.1) is 0 Å². The predicted octanol–water partition coefficient (Wildman–Crippen LogP) is 2.86. The minimum absolute atomic E-state index is 0.151. The number of halogens is 1. The van der Waals surface area contributed by atoms with Gasteiger partial charge in [0.2, 0.25) is 0 Å². The highest BCUT2D eigenvalue weighted by molar-refractivity contribution is 9.10. The number of nitrogens with one attached hydrogen (secondary N) is 2. The zero-order valence-corrected chi connectivity index (χ0v) is 12.4. The molecule has 0 unspecified atom stereocenters. The maximum Gasteiger partial charge on any atom is 0.356 e. The molecule has 2 aromatic rings. The zero-order chi connectivity index (χ0) is 15.2. The Kier molecular flexibility index (Phi) is 4.89. The molecule has 21 heavy (non-hydrogen) atoms. The number of hydrogen-bond acceptors (Lipinski definition) is 3. The number of carboxylic acids is 1. The Labute approximate surface area is 129 Å². The first-order valence-electron chi connectivity index (χ1n) is 6.04. The molecule has 0 fully saturated rings. The molecule has 2 amide bonds. The van der Waals surface area contributed by atoms with Crippen LogP contribution in [-0.4, -0.2) is 22.1 Å². The maximum atomic E-state index is 11.8. The van der Waals surface area contributed by atoms with Crippen LogP contribution in [0.5, 0.6) is 0 Å². The van der Waals surface area contributed by atoms with Crippen LogP contribution in [0.25, 0.3) is 0 Å². The standard InChI is InChI=1S/C14H12BrN3O3/c15-10-5-3-9(4-6-10)8-17-14(21)18-11-2-1-7-16-12(11)13(19)20/h1-7H,8H2,(H,19,20)(H2,17,18,21). The van der Waals surface area contributed by atoms with E-state index in [1.807, 2.05) is 24.3 Å². The summed E-state index contributed by atoms with van der Waals surface area (Å²) < 4.78 is 0.956. The Balaban J connectivity index is 1.96. The molecule has 0 saturated heterocycles. The number of anilines is 1. The summed E-state index contributed by atoms with van der Waals surface area (Å²) >= 11 is 3.33. The average Bonchev–Trinajstić information content (AvgIpc) is 2.47. The SMILES string of the molecule is O=C(NCc1ccc(Br)cc1)Nc1cccnc1C(=O)O. The maximum absolute atomic E-state index is 11.8. The number of amides is 2. The summed E-state index contributed by atoms with van der Waals surface area (Å²) in [6.07, 6.45) is 1.36. The molecule has 0 aliphatic heterocycles. The third kappa shape index (κ3) is 4.28. The van der Waals surface area contributed by atoms with Gasteiger partial charge in [0.25, 0.3) is 0 Å². The lowest BCUT2D eigenvalue weighted by molar-refractivity contribution is 0.0692. The molecule has 0 spiro atoms. The molecule has 0 aliphatic carbocycles. The van der Waals surface area contributed by atoms with Crippen molar-refractivity contribution >= 4 is 33.6 Å².